The van der Waals surface area contributed by atoms with Crippen LogP contribution < -0.4 is 0 Å². The maximum absolute atomic E-state index is 12.9. The summed E-state index contributed by atoms with van der Waals surface area (Å²) in [6.07, 6.45) is 5.57. The van der Waals surface area contributed by atoms with Crippen molar-refractivity contribution in [3.63, 3.8) is 0 Å². The van der Waals surface area contributed by atoms with Crippen LogP contribution in [0.4, 0.5) is 0 Å². The Morgan fingerprint density at radius 1 is 1.17 bits per heavy atom. The molecule has 134 valence electrons. The summed E-state index contributed by atoms with van der Waals surface area (Å²) in [4.78, 5) is 2.95. The largest absolute Gasteiger partial charge is 0.300 e. The van der Waals surface area contributed by atoms with Crippen molar-refractivity contribution in [3.8, 4) is 0 Å². The quantitative estimate of drug-likeness (QED) is 0.753. The molecule has 2 unspecified atom stereocenters. The first-order valence-electron chi connectivity index (χ1n) is 8.85. The molecule has 4 nitrogen and oxygen atoms in total. The molecule has 0 aromatic heterocycles. The van der Waals surface area contributed by atoms with Crippen molar-refractivity contribution in [2.75, 3.05) is 20.1 Å². The first kappa shape index (κ1) is 18.4. The zero-order chi connectivity index (χ0) is 17.3. The van der Waals surface area contributed by atoms with Crippen LogP contribution in [-0.4, -0.2) is 49.8 Å². The van der Waals surface area contributed by atoms with Gasteiger partial charge < -0.3 is 4.90 Å². The lowest BCUT2D eigenvalue weighted by molar-refractivity contribution is 0.136. The Morgan fingerprint density at radius 3 is 2.54 bits per heavy atom. The molecule has 0 radical (unpaired) electrons. The van der Waals surface area contributed by atoms with Crippen molar-refractivity contribution in [2.45, 2.75) is 56.0 Å². The van der Waals surface area contributed by atoms with Gasteiger partial charge in [0, 0.05) is 23.6 Å². The van der Waals surface area contributed by atoms with Crippen molar-refractivity contribution < 1.29 is 8.42 Å². The monoisotopic (exact) mass is 414 g/mol. The Hall–Kier alpha value is -0.430. The smallest absolute Gasteiger partial charge is 0.243 e. The van der Waals surface area contributed by atoms with Gasteiger partial charge in [-0.2, -0.15) is 4.31 Å². The second kappa shape index (κ2) is 7.44. The second-order valence-electron chi connectivity index (χ2n) is 7.32. The van der Waals surface area contributed by atoms with Gasteiger partial charge >= 0.3 is 0 Å². The summed E-state index contributed by atoms with van der Waals surface area (Å²) in [7, 11) is -1.69. The van der Waals surface area contributed by atoms with E-state index in [-0.39, 0.29) is 6.04 Å². The van der Waals surface area contributed by atoms with Crippen LogP contribution in [0.25, 0.3) is 0 Å². The number of benzene rings is 1. The van der Waals surface area contributed by atoms with Crippen molar-refractivity contribution in [1.82, 2.24) is 9.21 Å². The van der Waals surface area contributed by atoms with Gasteiger partial charge in [-0.3, -0.25) is 0 Å². The van der Waals surface area contributed by atoms with Crippen molar-refractivity contribution >= 4 is 26.0 Å². The van der Waals surface area contributed by atoms with Crippen LogP contribution in [0.2, 0.25) is 0 Å². The number of likely N-dealkylation sites (tertiary alicyclic amines) is 1. The number of piperidine rings is 1. The van der Waals surface area contributed by atoms with Crippen molar-refractivity contribution in [2.24, 2.45) is 5.92 Å². The van der Waals surface area contributed by atoms with E-state index in [4.69, 9.17) is 0 Å². The minimum absolute atomic E-state index is 0.110. The van der Waals surface area contributed by atoms with E-state index in [9.17, 15) is 8.42 Å². The molecule has 2 aliphatic rings. The Bertz CT molecular complexity index is 671. The van der Waals surface area contributed by atoms with E-state index in [1.165, 1.54) is 25.9 Å². The third-order valence-corrected chi connectivity index (χ3v) is 8.10. The topological polar surface area (TPSA) is 40.6 Å². The maximum atomic E-state index is 12.9. The summed E-state index contributed by atoms with van der Waals surface area (Å²) >= 11 is 3.36. The van der Waals surface area contributed by atoms with Crippen LogP contribution in [0, 0.1) is 5.92 Å². The molecular weight excluding hydrogens is 388 g/mol. The molecule has 3 rings (SSSR count). The summed E-state index contributed by atoms with van der Waals surface area (Å²) in [5, 5.41) is 0. The highest BCUT2D eigenvalue weighted by atomic mass is 79.9. The molecule has 1 saturated heterocycles. The van der Waals surface area contributed by atoms with E-state index < -0.39 is 10.0 Å². The van der Waals surface area contributed by atoms with Crippen LogP contribution >= 0.6 is 15.9 Å². The van der Waals surface area contributed by atoms with E-state index in [0.717, 1.165) is 29.7 Å². The van der Waals surface area contributed by atoms with Gasteiger partial charge in [0.25, 0.3) is 0 Å². The second-order valence-corrected chi connectivity index (χ2v) is 10.2. The minimum atomic E-state index is -3.42. The molecule has 1 heterocycles. The van der Waals surface area contributed by atoms with Crippen LogP contribution in [0.5, 0.6) is 0 Å². The predicted octanol–water partition coefficient (Wildman–Crippen LogP) is 3.72. The average molecular weight is 415 g/mol. The Balaban J connectivity index is 1.66. The summed E-state index contributed by atoms with van der Waals surface area (Å²) in [6, 6.07) is 7.64. The lowest BCUT2D eigenvalue weighted by Gasteiger charge is -2.35. The summed E-state index contributed by atoms with van der Waals surface area (Å²) < 4.78 is 28.2. The highest BCUT2D eigenvalue weighted by Crippen LogP contribution is 2.33. The molecule has 1 aromatic rings. The minimum Gasteiger partial charge on any atom is -0.300 e. The molecule has 0 spiro atoms. The zero-order valence-corrected chi connectivity index (χ0v) is 16.9. The molecule has 0 N–H and O–H groups in total. The molecule has 24 heavy (non-hydrogen) atoms. The fourth-order valence-corrected chi connectivity index (χ4v) is 5.97. The Morgan fingerprint density at radius 2 is 1.88 bits per heavy atom. The fourth-order valence-electron chi connectivity index (χ4n) is 3.98. The standard InChI is InChI=1S/C18H27BrN2O2S/c1-14-8-10-21(11-9-14)17-7-6-16(13-17)20(2)24(22,23)18-5-3-4-15(19)12-18/h3-5,12,14,16-17H,6-11,13H2,1-2H3. The van der Waals surface area contributed by atoms with Crippen molar-refractivity contribution in [1.29, 1.82) is 0 Å². The number of sulfonamides is 1. The lowest BCUT2D eigenvalue weighted by Crippen LogP contribution is -2.41. The predicted molar refractivity (Wildman–Crippen MR) is 100 cm³/mol. The molecule has 1 saturated carbocycles. The number of rotatable bonds is 4. The van der Waals surface area contributed by atoms with E-state index in [0.29, 0.717) is 10.9 Å². The molecule has 2 atom stereocenters. The number of hydrogen-bond acceptors (Lipinski definition) is 3. The molecule has 6 heteroatoms. The van der Waals surface area contributed by atoms with Crippen LogP contribution in [0.3, 0.4) is 0 Å². The molecule has 0 amide bonds. The average Bonchev–Trinajstić information content (AvgIpc) is 3.04. The van der Waals surface area contributed by atoms with E-state index in [1.807, 2.05) is 6.07 Å². The van der Waals surface area contributed by atoms with Crippen LogP contribution in [0.1, 0.15) is 39.0 Å². The normalized spacial score (nSPS) is 27.0. The molecule has 0 bridgehead atoms. The van der Waals surface area contributed by atoms with E-state index in [2.05, 4.69) is 27.8 Å². The summed E-state index contributed by atoms with van der Waals surface area (Å²) in [5.74, 6) is 0.832. The first-order chi connectivity index (χ1) is 11.4. The van der Waals surface area contributed by atoms with Crippen LogP contribution in [-0.2, 0) is 10.0 Å². The van der Waals surface area contributed by atoms with Crippen molar-refractivity contribution in [3.05, 3.63) is 28.7 Å². The lowest BCUT2D eigenvalue weighted by atomic mass is 9.97. The molecular formula is C18H27BrN2O2S. The summed E-state index contributed by atoms with van der Waals surface area (Å²) in [6.45, 7) is 4.66. The van der Waals surface area contributed by atoms with Gasteiger partial charge in [-0.25, -0.2) is 8.42 Å². The third kappa shape index (κ3) is 3.87. The number of hydrogen-bond donors (Lipinski definition) is 0. The van der Waals surface area contributed by atoms with Crippen LogP contribution in [0.15, 0.2) is 33.6 Å². The molecule has 1 aliphatic heterocycles. The van der Waals surface area contributed by atoms with Gasteiger partial charge in [0.15, 0.2) is 0 Å². The number of halogens is 1. The molecule has 1 aromatic carbocycles. The van der Waals surface area contributed by atoms with E-state index in [1.54, 1.807) is 29.6 Å². The maximum Gasteiger partial charge on any atom is 0.243 e. The van der Waals surface area contributed by atoms with Gasteiger partial charge in [0.1, 0.15) is 0 Å². The third-order valence-electron chi connectivity index (χ3n) is 5.70. The first-order valence-corrected chi connectivity index (χ1v) is 11.1. The molecule has 1 aliphatic carbocycles. The van der Waals surface area contributed by atoms with Gasteiger partial charge in [-0.15, -0.1) is 0 Å². The molecule has 2 fully saturated rings. The van der Waals surface area contributed by atoms with E-state index >= 15 is 0 Å². The highest BCUT2D eigenvalue weighted by Gasteiger charge is 2.37. The number of nitrogens with zero attached hydrogens (tertiary/aromatic N) is 2. The van der Waals surface area contributed by atoms with Gasteiger partial charge in [-0.1, -0.05) is 28.9 Å². The SMILES string of the molecule is CC1CCN(C2CCC(N(C)S(=O)(=O)c3cccc(Br)c3)C2)CC1. The Kier molecular flexibility index (Phi) is 5.69. The Labute approximate surface area is 154 Å². The zero-order valence-electron chi connectivity index (χ0n) is 14.5. The summed E-state index contributed by atoms with van der Waals surface area (Å²) in [5.41, 5.74) is 0. The highest BCUT2D eigenvalue weighted by molar-refractivity contribution is 9.10. The van der Waals surface area contributed by atoms with Gasteiger partial charge in [-0.05, 0) is 69.3 Å². The van der Waals surface area contributed by atoms with Gasteiger partial charge in [0.2, 0.25) is 10.0 Å². The fraction of sp³-hybridized carbons (Fsp3) is 0.667. The van der Waals surface area contributed by atoms with Gasteiger partial charge in [0.05, 0.1) is 4.90 Å².